The number of nitrogens with zero attached hydrogens (tertiary/aromatic N) is 3. The monoisotopic (exact) mass is 402 g/mol. The summed E-state index contributed by atoms with van der Waals surface area (Å²) >= 11 is 0. The smallest absolute Gasteiger partial charge is 0.220 e. The summed E-state index contributed by atoms with van der Waals surface area (Å²) in [7, 11) is 0. The van der Waals surface area contributed by atoms with Gasteiger partial charge in [0.15, 0.2) is 0 Å². The molecule has 0 bridgehead atoms. The lowest BCUT2D eigenvalue weighted by atomic mass is 9.69. The summed E-state index contributed by atoms with van der Waals surface area (Å²) in [5, 5.41) is 8.46. The molecular formula is C23H38N4O2. The molecular weight excluding hydrogens is 364 g/mol. The van der Waals surface area contributed by atoms with Gasteiger partial charge in [0, 0.05) is 25.3 Å². The molecule has 1 fully saturated rings. The maximum Gasteiger partial charge on any atom is 0.220 e. The van der Waals surface area contributed by atoms with Crippen LogP contribution in [-0.2, 0) is 17.6 Å². The predicted molar refractivity (Wildman–Crippen MR) is 114 cm³/mol. The molecule has 3 atom stereocenters. The molecule has 6 heteroatoms. The summed E-state index contributed by atoms with van der Waals surface area (Å²) < 4.78 is 5.85. The van der Waals surface area contributed by atoms with E-state index in [9.17, 15) is 4.79 Å². The fourth-order valence-corrected chi connectivity index (χ4v) is 5.08. The van der Waals surface area contributed by atoms with Crippen molar-refractivity contribution in [3.8, 4) is 0 Å². The largest absolute Gasteiger partial charge is 0.425 e. The van der Waals surface area contributed by atoms with Gasteiger partial charge >= 0.3 is 0 Å². The molecule has 0 spiro atoms. The van der Waals surface area contributed by atoms with Crippen LogP contribution in [0.15, 0.2) is 16.1 Å². The predicted octanol–water partition coefficient (Wildman–Crippen LogP) is 3.62. The van der Waals surface area contributed by atoms with Crippen LogP contribution >= 0.6 is 0 Å². The van der Waals surface area contributed by atoms with Gasteiger partial charge in [0.05, 0.1) is 0 Å². The van der Waals surface area contributed by atoms with Gasteiger partial charge in [-0.3, -0.25) is 4.79 Å². The van der Waals surface area contributed by atoms with Crippen molar-refractivity contribution in [2.45, 2.75) is 66.2 Å². The first kappa shape index (κ1) is 22.0. The molecule has 1 aliphatic heterocycles. The summed E-state index contributed by atoms with van der Waals surface area (Å²) in [4.78, 5) is 14.0. The van der Waals surface area contributed by atoms with E-state index in [1.807, 2.05) is 0 Å². The lowest BCUT2D eigenvalue weighted by Crippen LogP contribution is -2.43. The van der Waals surface area contributed by atoms with Crippen molar-refractivity contribution < 1.29 is 9.21 Å². The molecule has 0 saturated carbocycles. The minimum Gasteiger partial charge on any atom is -0.425 e. The lowest BCUT2D eigenvalue weighted by Gasteiger charge is -2.40. The van der Waals surface area contributed by atoms with Crippen molar-refractivity contribution in [3.63, 3.8) is 0 Å². The third-order valence-electron chi connectivity index (χ3n) is 6.94. The first-order valence-electron chi connectivity index (χ1n) is 11.4. The van der Waals surface area contributed by atoms with Crippen LogP contribution in [0.2, 0.25) is 0 Å². The zero-order chi connectivity index (χ0) is 21.0. The number of likely N-dealkylation sites (tertiary alicyclic amines) is 1. The van der Waals surface area contributed by atoms with E-state index in [0.717, 1.165) is 63.5 Å². The Kier molecular flexibility index (Phi) is 7.49. The molecule has 1 aromatic heterocycles. The van der Waals surface area contributed by atoms with E-state index in [-0.39, 0.29) is 11.8 Å². The van der Waals surface area contributed by atoms with E-state index in [4.69, 9.17) is 10.2 Å². The number of piperidine rings is 1. The molecule has 3 rings (SSSR count). The number of hydrogen-bond acceptors (Lipinski definition) is 5. The first-order chi connectivity index (χ1) is 13.9. The van der Waals surface area contributed by atoms with Crippen molar-refractivity contribution in [1.29, 1.82) is 0 Å². The topological polar surface area (TPSA) is 85.3 Å². The minimum atomic E-state index is -0.135. The summed E-state index contributed by atoms with van der Waals surface area (Å²) in [5.41, 5.74) is 6.94. The van der Waals surface area contributed by atoms with Gasteiger partial charge in [-0.1, -0.05) is 32.4 Å². The number of aryl methyl sites for hydroxylation is 1. The lowest BCUT2D eigenvalue weighted by molar-refractivity contribution is -0.123. The fourth-order valence-electron chi connectivity index (χ4n) is 5.08. The highest BCUT2D eigenvalue weighted by Crippen LogP contribution is 2.39. The average molecular weight is 403 g/mol. The Morgan fingerprint density at radius 2 is 1.97 bits per heavy atom. The second-order valence-corrected chi connectivity index (χ2v) is 9.44. The van der Waals surface area contributed by atoms with Crippen LogP contribution in [0.1, 0.15) is 65.2 Å². The maximum atomic E-state index is 11.4. The third kappa shape index (κ3) is 5.68. The maximum absolute atomic E-state index is 11.4. The van der Waals surface area contributed by atoms with Crippen molar-refractivity contribution in [2.75, 3.05) is 19.6 Å². The second kappa shape index (κ2) is 9.88. The molecule has 0 unspecified atom stereocenters. The van der Waals surface area contributed by atoms with Gasteiger partial charge in [-0.15, -0.1) is 10.2 Å². The highest BCUT2D eigenvalue weighted by atomic mass is 16.4. The zero-order valence-corrected chi connectivity index (χ0v) is 18.6. The number of allylic oxidation sites excluding steroid dienone is 1. The number of hydrogen-bond donors (Lipinski definition) is 1. The van der Waals surface area contributed by atoms with Gasteiger partial charge in [-0.2, -0.15) is 0 Å². The van der Waals surface area contributed by atoms with E-state index in [1.165, 1.54) is 12.0 Å². The molecule has 29 heavy (non-hydrogen) atoms. The Morgan fingerprint density at radius 1 is 1.28 bits per heavy atom. The number of amides is 1. The summed E-state index contributed by atoms with van der Waals surface area (Å²) in [6, 6.07) is 0. The molecule has 1 amide bonds. The van der Waals surface area contributed by atoms with Crippen LogP contribution in [0.25, 0.3) is 0 Å². The molecule has 1 saturated heterocycles. The number of carbonyl (C=O) groups is 1. The Bertz CT molecular complexity index is 703. The van der Waals surface area contributed by atoms with Crippen LogP contribution < -0.4 is 5.73 Å². The zero-order valence-electron chi connectivity index (χ0n) is 18.6. The Hall–Kier alpha value is -1.69. The molecule has 1 aromatic rings. The quantitative estimate of drug-likeness (QED) is 0.671. The normalized spacial score (nSPS) is 26.7. The highest BCUT2D eigenvalue weighted by Gasteiger charge is 2.34. The van der Waals surface area contributed by atoms with Crippen molar-refractivity contribution >= 4 is 5.91 Å². The average Bonchev–Trinajstić information content (AvgIpc) is 3.11. The Balaban J connectivity index is 1.63. The van der Waals surface area contributed by atoms with Crippen LogP contribution in [0.5, 0.6) is 0 Å². The molecule has 2 heterocycles. The highest BCUT2D eigenvalue weighted by molar-refractivity contribution is 5.76. The molecule has 2 N–H and O–H groups in total. The van der Waals surface area contributed by atoms with E-state index in [0.29, 0.717) is 23.7 Å². The molecule has 162 valence electrons. The summed E-state index contributed by atoms with van der Waals surface area (Å²) in [5.74, 6) is 3.79. The van der Waals surface area contributed by atoms with Crippen molar-refractivity contribution in [1.82, 2.24) is 15.1 Å². The molecule has 1 aliphatic carbocycles. The third-order valence-corrected chi connectivity index (χ3v) is 6.94. The summed E-state index contributed by atoms with van der Waals surface area (Å²) in [6.45, 7) is 12.1. The fraction of sp³-hybridized carbons (Fsp3) is 0.783. The van der Waals surface area contributed by atoms with Crippen molar-refractivity contribution in [2.24, 2.45) is 35.3 Å². The van der Waals surface area contributed by atoms with E-state index >= 15 is 0 Å². The number of carbonyl (C=O) groups excluding carboxylic acids is 1. The molecule has 6 nitrogen and oxygen atoms in total. The Labute approximate surface area is 175 Å². The van der Waals surface area contributed by atoms with Crippen LogP contribution in [0, 0.1) is 29.6 Å². The van der Waals surface area contributed by atoms with E-state index in [1.54, 1.807) is 0 Å². The minimum absolute atomic E-state index is 0.0622. The number of aromatic nitrogens is 2. The summed E-state index contributed by atoms with van der Waals surface area (Å²) in [6.07, 6.45) is 8.20. The van der Waals surface area contributed by atoms with Crippen LogP contribution in [0.3, 0.4) is 0 Å². The van der Waals surface area contributed by atoms with Crippen molar-refractivity contribution in [3.05, 3.63) is 23.4 Å². The standard InChI is InChI=1S/C23H38N4O2/c1-5-6-21-25-26-22(29-21)13-18-12-20(15(2)3)19(11-16(18)4)14-27-9-7-17(8-10-27)23(24)28/h11,15,17-20H,5-10,12-14H2,1-4H3,(H2,24,28)/t18-,19-,20-/m0/s1. The number of nitrogens with two attached hydrogens (primary N) is 1. The van der Waals surface area contributed by atoms with E-state index < -0.39 is 0 Å². The Morgan fingerprint density at radius 3 is 2.59 bits per heavy atom. The second-order valence-electron chi connectivity index (χ2n) is 9.44. The van der Waals surface area contributed by atoms with Gasteiger partial charge < -0.3 is 15.1 Å². The molecule has 2 aliphatic rings. The SMILES string of the molecule is CCCc1nnc(C[C@@H]2C[C@@H](C(C)C)[C@H](CN3CCC(C(N)=O)CC3)C=C2C)o1. The van der Waals surface area contributed by atoms with E-state index in [2.05, 4.69) is 48.9 Å². The van der Waals surface area contributed by atoms with Gasteiger partial charge in [0.1, 0.15) is 0 Å². The van der Waals surface area contributed by atoms with Gasteiger partial charge in [-0.25, -0.2) is 0 Å². The van der Waals surface area contributed by atoms with Gasteiger partial charge in [0.2, 0.25) is 17.7 Å². The first-order valence-corrected chi connectivity index (χ1v) is 11.4. The van der Waals surface area contributed by atoms with Crippen LogP contribution in [-0.4, -0.2) is 40.6 Å². The molecule has 0 aromatic carbocycles. The van der Waals surface area contributed by atoms with Gasteiger partial charge in [-0.05, 0) is 69.4 Å². The number of rotatable bonds is 8. The molecule has 0 radical (unpaired) electrons. The van der Waals surface area contributed by atoms with Gasteiger partial charge in [0.25, 0.3) is 0 Å². The number of primary amides is 1. The van der Waals surface area contributed by atoms with Crippen LogP contribution in [0.4, 0.5) is 0 Å².